The molecule has 2 aliphatic rings. The van der Waals surface area contributed by atoms with E-state index in [9.17, 15) is 4.79 Å². The van der Waals surface area contributed by atoms with Gasteiger partial charge in [-0.25, -0.2) is 0 Å². The summed E-state index contributed by atoms with van der Waals surface area (Å²) in [7, 11) is 0. The molecule has 2 saturated heterocycles. The van der Waals surface area contributed by atoms with Crippen LogP contribution < -0.4 is 0 Å². The lowest BCUT2D eigenvalue weighted by molar-refractivity contribution is -0.128. The van der Waals surface area contributed by atoms with E-state index < -0.39 is 0 Å². The summed E-state index contributed by atoms with van der Waals surface area (Å²) < 4.78 is 5.69. The largest absolute Gasteiger partial charge is 0.381 e. The molecular formula is C19H23NO2. The maximum Gasteiger partial charge on any atom is 0.246 e. The minimum absolute atomic E-state index is 0.119. The van der Waals surface area contributed by atoms with Crippen LogP contribution in [0.15, 0.2) is 54.6 Å². The summed E-state index contributed by atoms with van der Waals surface area (Å²) in [6.45, 7) is 4.25. The first-order valence-corrected chi connectivity index (χ1v) is 8.04. The van der Waals surface area contributed by atoms with Gasteiger partial charge in [0.1, 0.15) is 0 Å². The van der Waals surface area contributed by atoms with Crippen molar-refractivity contribution in [1.82, 2.24) is 4.90 Å². The number of hydrogen-bond acceptors (Lipinski definition) is 2. The number of hydrogen-bond donors (Lipinski definition) is 0. The molecule has 1 amide bonds. The second-order valence-corrected chi connectivity index (χ2v) is 5.99. The summed E-state index contributed by atoms with van der Waals surface area (Å²) in [5.74, 6) is 0.911. The third-order valence-corrected chi connectivity index (χ3v) is 4.73. The maximum absolute atomic E-state index is 12.5. The topological polar surface area (TPSA) is 29.5 Å². The molecule has 3 heteroatoms. The van der Waals surface area contributed by atoms with Crippen LogP contribution in [0.3, 0.4) is 0 Å². The Bertz CT molecular complexity index is 564. The molecule has 116 valence electrons. The summed E-state index contributed by atoms with van der Waals surface area (Å²) >= 11 is 0. The lowest BCUT2D eigenvalue weighted by atomic mass is 9.84. The number of rotatable bonds is 3. The van der Waals surface area contributed by atoms with Crippen molar-refractivity contribution in [2.24, 2.45) is 5.92 Å². The van der Waals surface area contributed by atoms with Gasteiger partial charge < -0.3 is 9.64 Å². The number of ether oxygens (including phenoxy) is 1. The molecule has 1 aromatic rings. The van der Waals surface area contributed by atoms with Gasteiger partial charge in [-0.2, -0.15) is 0 Å². The number of allylic oxidation sites excluding steroid dienone is 3. The number of fused-ring (bicyclic) bond motifs is 1. The standard InChI is InChI=1S/C19H23NO2/c1-2-3-5-10-19(21)20-13-16(15-8-6-4-7-9-15)17-14-22-12-11-18(17)20/h2-10,16-18H,11-14H2,1H3/b3-2+,10-5+/t16-,17+,18+/m1/s1. The average molecular weight is 297 g/mol. The number of carbonyl (C=O) groups is 1. The van der Waals surface area contributed by atoms with Gasteiger partial charge in [0, 0.05) is 37.1 Å². The van der Waals surface area contributed by atoms with Crippen LogP contribution in [-0.2, 0) is 9.53 Å². The van der Waals surface area contributed by atoms with Crippen LogP contribution in [0.5, 0.6) is 0 Å². The minimum atomic E-state index is 0.119. The van der Waals surface area contributed by atoms with Crippen molar-refractivity contribution < 1.29 is 9.53 Å². The van der Waals surface area contributed by atoms with Crippen molar-refractivity contribution in [1.29, 1.82) is 0 Å². The van der Waals surface area contributed by atoms with E-state index in [4.69, 9.17) is 4.74 Å². The van der Waals surface area contributed by atoms with Crippen LogP contribution in [0.25, 0.3) is 0 Å². The van der Waals surface area contributed by atoms with Gasteiger partial charge in [-0.1, -0.05) is 48.6 Å². The molecule has 2 fully saturated rings. The SMILES string of the molecule is C/C=C/C=C/C(=O)N1C[C@H](c2ccccc2)[C@@H]2COCC[C@@H]21. The molecule has 1 aromatic carbocycles. The van der Waals surface area contributed by atoms with Crippen LogP contribution in [0.4, 0.5) is 0 Å². The number of carbonyl (C=O) groups excluding carboxylic acids is 1. The molecule has 0 saturated carbocycles. The fraction of sp³-hybridized carbons (Fsp3) is 0.421. The molecule has 3 nitrogen and oxygen atoms in total. The summed E-state index contributed by atoms with van der Waals surface area (Å²) in [4.78, 5) is 14.6. The second-order valence-electron chi connectivity index (χ2n) is 5.99. The van der Waals surface area contributed by atoms with E-state index in [0.717, 1.165) is 26.2 Å². The van der Waals surface area contributed by atoms with Gasteiger partial charge in [0.15, 0.2) is 0 Å². The zero-order valence-electron chi connectivity index (χ0n) is 13.0. The predicted molar refractivity (Wildman–Crippen MR) is 87.6 cm³/mol. The van der Waals surface area contributed by atoms with Gasteiger partial charge in [0.2, 0.25) is 5.91 Å². The van der Waals surface area contributed by atoms with Crippen LogP contribution in [0, 0.1) is 5.92 Å². The van der Waals surface area contributed by atoms with Gasteiger partial charge in [0.25, 0.3) is 0 Å². The molecule has 0 aromatic heterocycles. The van der Waals surface area contributed by atoms with E-state index in [1.165, 1.54) is 5.56 Å². The summed E-state index contributed by atoms with van der Waals surface area (Å²) in [6, 6.07) is 10.8. The van der Waals surface area contributed by atoms with Crippen molar-refractivity contribution >= 4 is 5.91 Å². The van der Waals surface area contributed by atoms with E-state index in [1.807, 2.05) is 36.1 Å². The van der Waals surface area contributed by atoms with Crippen LogP contribution in [-0.4, -0.2) is 36.6 Å². The van der Waals surface area contributed by atoms with Gasteiger partial charge in [-0.05, 0) is 18.9 Å². The molecular weight excluding hydrogens is 274 g/mol. The van der Waals surface area contributed by atoms with Crippen molar-refractivity contribution in [2.75, 3.05) is 19.8 Å². The van der Waals surface area contributed by atoms with E-state index >= 15 is 0 Å². The fourth-order valence-corrected chi connectivity index (χ4v) is 3.65. The Morgan fingerprint density at radius 3 is 2.86 bits per heavy atom. The third kappa shape index (κ3) is 3.00. The quantitative estimate of drug-likeness (QED) is 0.633. The summed E-state index contributed by atoms with van der Waals surface area (Å²) in [6.07, 6.45) is 8.27. The molecule has 0 N–H and O–H groups in total. The Hall–Kier alpha value is -1.87. The summed E-state index contributed by atoms with van der Waals surface area (Å²) in [5, 5.41) is 0. The Morgan fingerprint density at radius 1 is 1.27 bits per heavy atom. The van der Waals surface area contributed by atoms with E-state index in [0.29, 0.717) is 17.9 Å². The number of amides is 1. The first-order valence-electron chi connectivity index (χ1n) is 8.04. The maximum atomic E-state index is 12.5. The van der Waals surface area contributed by atoms with Crippen molar-refractivity contribution in [2.45, 2.75) is 25.3 Å². The van der Waals surface area contributed by atoms with Gasteiger partial charge in [0.05, 0.1) is 6.61 Å². The fourth-order valence-electron chi connectivity index (χ4n) is 3.65. The Morgan fingerprint density at radius 2 is 2.09 bits per heavy atom. The first-order chi connectivity index (χ1) is 10.8. The van der Waals surface area contributed by atoms with Crippen LogP contribution in [0.1, 0.15) is 24.8 Å². The molecule has 0 unspecified atom stereocenters. The second kappa shape index (κ2) is 6.93. The van der Waals surface area contributed by atoms with E-state index in [1.54, 1.807) is 6.08 Å². The smallest absolute Gasteiger partial charge is 0.246 e. The van der Waals surface area contributed by atoms with Crippen LogP contribution in [0.2, 0.25) is 0 Å². The highest BCUT2D eigenvalue weighted by atomic mass is 16.5. The van der Waals surface area contributed by atoms with Crippen molar-refractivity contribution in [3.05, 3.63) is 60.2 Å². The zero-order chi connectivity index (χ0) is 15.4. The monoisotopic (exact) mass is 297 g/mol. The highest BCUT2D eigenvalue weighted by Gasteiger charge is 2.45. The molecule has 0 radical (unpaired) electrons. The minimum Gasteiger partial charge on any atom is -0.381 e. The number of benzene rings is 1. The molecule has 3 rings (SSSR count). The summed E-state index contributed by atoms with van der Waals surface area (Å²) in [5.41, 5.74) is 1.32. The molecule has 0 aliphatic carbocycles. The molecule has 22 heavy (non-hydrogen) atoms. The highest BCUT2D eigenvalue weighted by molar-refractivity contribution is 5.88. The van der Waals surface area contributed by atoms with Crippen molar-refractivity contribution in [3.8, 4) is 0 Å². The third-order valence-electron chi connectivity index (χ3n) is 4.73. The Kier molecular flexibility index (Phi) is 4.74. The lowest BCUT2D eigenvalue weighted by Crippen LogP contribution is -2.41. The molecule has 0 spiro atoms. The van der Waals surface area contributed by atoms with E-state index in [2.05, 4.69) is 24.3 Å². The average Bonchev–Trinajstić information content (AvgIpc) is 2.95. The number of likely N-dealkylation sites (tertiary alicyclic amines) is 1. The lowest BCUT2D eigenvalue weighted by Gasteiger charge is -2.32. The normalized spacial score (nSPS) is 28.4. The predicted octanol–water partition coefficient (Wildman–Crippen LogP) is 3.15. The molecule has 2 aliphatic heterocycles. The molecule has 3 atom stereocenters. The number of nitrogens with zero attached hydrogens (tertiary/aromatic N) is 1. The first kappa shape index (κ1) is 15.0. The molecule has 2 heterocycles. The molecule has 0 bridgehead atoms. The van der Waals surface area contributed by atoms with Gasteiger partial charge in [-0.3, -0.25) is 4.79 Å². The Labute approximate surface area is 132 Å². The zero-order valence-corrected chi connectivity index (χ0v) is 13.0. The van der Waals surface area contributed by atoms with Gasteiger partial charge >= 0.3 is 0 Å². The van der Waals surface area contributed by atoms with Gasteiger partial charge in [-0.15, -0.1) is 0 Å². The highest BCUT2D eigenvalue weighted by Crippen LogP contribution is 2.40. The van der Waals surface area contributed by atoms with E-state index in [-0.39, 0.29) is 5.91 Å². The Balaban J connectivity index is 1.82. The van der Waals surface area contributed by atoms with Crippen molar-refractivity contribution in [3.63, 3.8) is 0 Å². The van der Waals surface area contributed by atoms with Crippen LogP contribution >= 0.6 is 0 Å².